The zero-order valence-electron chi connectivity index (χ0n) is 11.7. The fourth-order valence-corrected chi connectivity index (χ4v) is 2.49. The molecule has 0 radical (unpaired) electrons. The van der Waals surface area contributed by atoms with Crippen LogP contribution in [0.25, 0.3) is 16.8 Å². The number of alkyl halides is 1. The molecule has 1 atom stereocenters. The van der Waals surface area contributed by atoms with Gasteiger partial charge in [0.05, 0.1) is 16.7 Å². The molecule has 0 amide bonds. The smallest absolute Gasteiger partial charge is 0.262 e. The Hall–Kier alpha value is -2.17. The van der Waals surface area contributed by atoms with Gasteiger partial charge in [-0.2, -0.15) is 0 Å². The Kier molecular flexibility index (Phi) is 2.67. The third-order valence-corrected chi connectivity index (χ3v) is 3.88. The molecule has 5 heteroatoms. The van der Waals surface area contributed by atoms with Crippen LogP contribution in [-0.4, -0.2) is 14.4 Å². The largest absolute Gasteiger partial charge is 0.325 e. The van der Waals surface area contributed by atoms with E-state index in [1.807, 2.05) is 24.3 Å². The van der Waals surface area contributed by atoms with Crippen molar-refractivity contribution in [2.75, 3.05) is 0 Å². The Labute approximate surface area is 115 Å². The van der Waals surface area contributed by atoms with Gasteiger partial charge in [0.15, 0.2) is 0 Å². The molecule has 0 fully saturated rings. The number of nitrogens with one attached hydrogen (secondary N) is 1. The highest BCUT2D eigenvalue weighted by molar-refractivity contribution is 5.79. The molecule has 3 aromatic rings. The second-order valence-electron chi connectivity index (χ2n) is 5.24. The van der Waals surface area contributed by atoms with E-state index in [1.165, 1.54) is 11.3 Å². The highest BCUT2D eigenvalue weighted by Gasteiger charge is 2.28. The van der Waals surface area contributed by atoms with Crippen molar-refractivity contribution in [3.8, 4) is 0 Å². The maximum absolute atomic E-state index is 14.6. The first-order valence-electron chi connectivity index (χ1n) is 6.65. The molecule has 2 aromatic heterocycles. The Morgan fingerprint density at radius 3 is 2.80 bits per heavy atom. The normalized spacial score (nSPS) is 14.8. The summed E-state index contributed by atoms with van der Waals surface area (Å²) in [5, 5.41) is 0. The molecule has 2 heterocycles. The number of nitrogens with zero attached hydrogens (tertiary/aromatic N) is 2. The number of hydrogen-bond donors (Lipinski definition) is 1. The summed E-state index contributed by atoms with van der Waals surface area (Å²) in [5.41, 5.74) is 0.369. The number of fused-ring (bicyclic) bond motifs is 3. The second kappa shape index (κ2) is 4.16. The van der Waals surface area contributed by atoms with Gasteiger partial charge in [0.1, 0.15) is 5.67 Å². The highest BCUT2D eigenvalue weighted by Crippen LogP contribution is 2.29. The van der Waals surface area contributed by atoms with Crippen LogP contribution >= 0.6 is 0 Å². The molecular weight excluding hydrogens is 257 g/mol. The van der Waals surface area contributed by atoms with Crippen LogP contribution in [0.1, 0.15) is 31.5 Å². The highest BCUT2D eigenvalue weighted by atomic mass is 19.1. The van der Waals surface area contributed by atoms with Crippen LogP contribution in [0.15, 0.2) is 29.1 Å². The SMILES string of the molecule is CC[C@](C)(F)c1[nH]c2nc3ccccc3n2c(=O)c1C. The number of imidazole rings is 1. The average molecular weight is 273 g/mol. The van der Waals surface area contributed by atoms with Crippen molar-refractivity contribution in [2.24, 2.45) is 0 Å². The van der Waals surface area contributed by atoms with E-state index in [4.69, 9.17) is 0 Å². The van der Waals surface area contributed by atoms with Crippen LogP contribution in [0.2, 0.25) is 0 Å². The van der Waals surface area contributed by atoms with Gasteiger partial charge in [-0.15, -0.1) is 0 Å². The fourth-order valence-electron chi connectivity index (χ4n) is 2.49. The molecular formula is C15H16FN3O. The molecule has 0 bridgehead atoms. The zero-order chi connectivity index (χ0) is 14.5. The van der Waals surface area contributed by atoms with Gasteiger partial charge in [-0.05, 0) is 32.4 Å². The summed E-state index contributed by atoms with van der Waals surface area (Å²) in [6.07, 6.45) is 0.292. The maximum atomic E-state index is 14.6. The van der Waals surface area contributed by atoms with Crippen molar-refractivity contribution in [3.63, 3.8) is 0 Å². The van der Waals surface area contributed by atoms with Crippen molar-refractivity contribution >= 4 is 16.8 Å². The number of aromatic nitrogens is 3. The predicted molar refractivity (Wildman–Crippen MR) is 76.8 cm³/mol. The van der Waals surface area contributed by atoms with E-state index in [1.54, 1.807) is 13.8 Å². The van der Waals surface area contributed by atoms with E-state index < -0.39 is 5.67 Å². The van der Waals surface area contributed by atoms with Gasteiger partial charge in [0.25, 0.3) is 5.56 Å². The van der Waals surface area contributed by atoms with E-state index in [2.05, 4.69) is 9.97 Å². The van der Waals surface area contributed by atoms with E-state index in [-0.39, 0.29) is 5.56 Å². The van der Waals surface area contributed by atoms with Crippen LogP contribution < -0.4 is 5.56 Å². The topological polar surface area (TPSA) is 50.2 Å². The summed E-state index contributed by atoms with van der Waals surface area (Å²) in [7, 11) is 0. The van der Waals surface area contributed by atoms with E-state index >= 15 is 0 Å². The summed E-state index contributed by atoms with van der Waals surface area (Å²) >= 11 is 0. The molecule has 1 aromatic carbocycles. The van der Waals surface area contributed by atoms with Gasteiger partial charge < -0.3 is 4.98 Å². The number of benzene rings is 1. The maximum Gasteiger partial charge on any atom is 0.262 e. The first-order valence-corrected chi connectivity index (χ1v) is 6.65. The molecule has 4 nitrogen and oxygen atoms in total. The number of para-hydroxylation sites is 2. The molecule has 3 rings (SSSR count). The molecule has 0 unspecified atom stereocenters. The Bertz CT molecular complexity index is 861. The Balaban J connectivity index is 2.47. The van der Waals surface area contributed by atoms with Crippen LogP contribution in [-0.2, 0) is 5.67 Å². The molecule has 1 N–H and O–H groups in total. The quantitative estimate of drug-likeness (QED) is 0.780. The van der Waals surface area contributed by atoms with E-state index in [0.717, 1.165) is 11.0 Å². The minimum Gasteiger partial charge on any atom is -0.325 e. The summed E-state index contributed by atoms with van der Waals surface area (Å²) in [6.45, 7) is 4.88. The second-order valence-corrected chi connectivity index (χ2v) is 5.24. The third-order valence-electron chi connectivity index (χ3n) is 3.88. The zero-order valence-corrected chi connectivity index (χ0v) is 11.7. The molecule has 0 saturated carbocycles. The predicted octanol–water partition coefficient (Wildman–Crippen LogP) is 3.08. The van der Waals surface area contributed by atoms with Gasteiger partial charge in [-0.25, -0.2) is 13.8 Å². The van der Waals surface area contributed by atoms with Crippen LogP contribution in [0.5, 0.6) is 0 Å². The molecule has 0 aliphatic rings. The van der Waals surface area contributed by atoms with Gasteiger partial charge >= 0.3 is 0 Å². The Morgan fingerprint density at radius 2 is 2.10 bits per heavy atom. The summed E-state index contributed by atoms with van der Waals surface area (Å²) in [4.78, 5) is 19.9. The minimum absolute atomic E-state index is 0.222. The number of rotatable bonds is 2. The van der Waals surface area contributed by atoms with E-state index in [9.17, 15) is 9.18 Å². The molecule has 0 spiro atoms. The van der Waals surface area contributed by atoms with Crippen molar-refractivity contribution in [1.29, 1.82) is 0 Å². The van der Waals surface area contributed by atoms with E-state index in [0.29, 0.717) is 23.5 Å². The Morgan fingerprint density at radius 1 is 1.40 bits per heavy atom. The first kappa shape index (κ1) is 12.8. The van der Waals surface area contributed by atoms with Crippen molar-refractivity contribution in [3.05, 3.63) is 45.9 Å². The summed E-state index contributed by atoms with van der Waals surface area (Å²) in [5.74, 6) is 0.383. The number of aromatic amines is 1. The number of halogens is 1. The van der Waals surface area contributed by atoms with Crippen LogP contribution in [0, 0.1) is 6.92 Å². The fraction of sp³-hybridized carbons (Fsp3) is 0.333. The summed E-state index contributed by atoms with van der Waals surface area (Å²) < 4.78 is 16.1. The van der Waals surface area contributed by atoms with Crippen molar-refractivity contribution in [2.45, 2.75) is 32.9 Å². The minimum atomic E-state index is -1.57. The lowest BCUT2D eigenvalue weighted by Gasteiger charge is -2.20. The first-order chi connectivity index (χ1) is 9.45. The molecule has 104 valence electrons. The number of hydrogen-bond acceptors (Lipinski definition) is 2. The molecule has 0 aliphatic carbocycles. The number of H-pyrrole nitrogens is 1. The van der Waals surface area contributed by atoms with Crippen LogP contribution in [0.4, 0.5) is 4.39 Å². The lowest BCUT2D eigenvalue weighted by Crippen LogP contribution is -2.26. The standard InChI is InChI=1S/C15H16FN3O/c1-4-15(3,16)12-9(2)13(20)19-11-8-6-5-7-10(11)17-14(19)18-12/h5-8H,4H2,1-3H3,(H,17,18)/t15-/m0/s1. The van der Waals surface area contributed by atoms with Gasteiger partial charge in [-0.3, -0.25) is 4.79 Å². The monoisotopic (exact) mass is 273 g/mol. The third kappa shape index (κ3) is 1.66. The molecule has 20 heavy (non-hydrogen) atoms. The summed E-state index contributed by atoms with van der Waals surface area (Å²) in [6, 6.07) is 7.38. The lowest BCUT2D eigenvalue weighted by molar-refractivity contribution is 0.177. The van der Waals surface area contributed by atoms with Crippen molar-refractivity contribution in [1.82, 2.24) is 14.4 Å². The van der Waals surface area contributed by atoms with Crippen molar-refractivity contribution < 1.29 is 4.39 Å². The van der Waals surface area contributed by atoms with Crippen LogP contribution in [0.3, 0.4) is 0 Å². The average Bonchev–Trinajstić information content (AvgIpc) is 2.81. The van der Waals surface area contributed by atoms with Gasteiger partial charge in [-0.1, -0.05) is 19.1 Å². The van der Waals surface area contributed by atoms with Gasteiger partial charge in [0.2, 0.25) is 5.78 Å². The van der Waals surface area contributed by atoms with Gasteiger partial charge in [0, 0.05) is 5.56 Å². The molecule has 0 saturated heterocycles. The lowest BCUT2D eigenvalue weighted by atomic mass is 9.98. The molecule has 0 aliphatic heterocycles.